The molecule has 1 amide bonds. The van der Waals surface area contributed by atoms with Gasteiger partial charge >= 0.3 is 6.18 Å². The van der Waals surface area contributed by atoms with Gasteiger partial charge in [0.2, 0.25) is 0 Å². The lowest BCUT2D eigenvalue weighted by Gasteiger charge is -2.12. The maximum Gasteiger partial charge on any atom is 0.435 e. The van der Waals surface area contributed by atoms with E-state index in [1.807, 2.05) is 6.07 Å². The molecule has 0 spiro atoms. The van der Waals surface area contributed by atoms with Crippen LogP contribution in [0.25, 0.3) is 5.69 Å². The third-order valence-electron chi connectivity index (χ3n) is 4.87. The topological polar surface area (TPSA) is 70.7 Å². The minimum atomic E-state index is -4.81. The summed E-state index contributed by atoms with van der Waals surface area (Å²) in [7, 11) is 0. The molecule has 0 bridgehead atoms. The van der Waals surface area contributed by atoms with E-state index in [2.05, 4.69) is 10.4 Å². The van der Waals surface area contributed by atoms with Crippen molar-refractivity contribution in [3.8, 4) is 11.8 Å². The maximum absolute atomic E-state index is 14.3. The van der Waals surface area contributed by atoms with Gasteiger partial charge in [-0.05, 0) is 48.7 Å². The highest BCUT2D eigenvalue weighted by molar-refractivity contribution is 6.26. The van der Waals surface area contributed by atoms with Crippen LogP contribution in [0.15, 0.2) is 48.5 Å². The Bertz CT molecular complexity index is 1220. The summed E-state index contributed by atoms with van der Waals surface area (Å²) in [4.78, 5) is 12.2. The van der Waals surface area contributed by atoms with Crippen LogP contribution in [0.3, 0.4) is 0 Å². The van der Waals surface area contributed by atoms with Gasteiger partial charge in [0, 0.05) is 6.07 Å². The fourth-order valence-electron chi connectivity index (χ4n) is 3.07. The van der Waals surface area contributed by atoms with Crippen LogP contribution in [0.1, 0.15) is 40.2 Å². The van der Waals surface area contributed by atoms with Crippen LogP contribution >= 0.6 is 11.6 Å². The van der Waals surface area contributed by atoms with Gasteiger partial charge in [-0.2, -0.15) is 23.5 Å². The molecular formula is C21H13ClF4N4O. The first kappa shape index (κ1) is 20.9. The van der Waals surface area contributed by atoms with Crippen molar-refractivity contribution in [2.45, 2.75) is 23.9 Å². The molecule has 10 heteroatoms. The minimum Gasteiger partial charge on any atom is -0.318 e. The van der Waals surface area contributed by atoms with Gasteiger partial charge in [-0.3, -0.25) is 4.79 Å². The second-order valence-corrected chi connectivity index (χ2v) is 7.82. The molecule has 1 aliphatic rings. The van der Waals surface area contributed by atoms with E-state index in [4.69, 9.17) is 16.9 Å². The summed E-state index contributed by atoms with van der Waals surface area (Å²) in [6.45, 7) is 0. The van der Waals surface area contributed by atoms with E-state index in [0.717, 1.165) is 10.7 Å². The van der Waals surface area contributed by atoms with Gasteiger partial charge in [0.1, 0.15) is 11.5 Å². The molecule has 5 nitrogen and oxygen atoms in total. The third kappa shape index (κ3) is 4.11. The van der Waals surface area contributed by atoms with Crippen molar-refractivity contribution in [1.82, 2.24) is 9.78 Å². The van der Waals surface area contributed by atoms with Crippen LogP contribution in [-0.2, 0) is 11.1 Å². The van der Waals surface area contributed by atoms with Gasteiger partial charge in [-0.25, -0.2) is 9.07 Å². The maximum atomic E-state index is 14.3. The molecule has 158 valence electrons. The van der Waals surface area contributed by atoms with E-state index in [1.165, 1.54) is 36.4 Å². The molecule has 1 aliphatic carbocycles. The Labute approximate surface area is 178 Å². The van der Waals surface area contributed by atoms with Crippen molar-refractivity contribution in [2.24, 2.45) is 0 Å². The van der Waals surface area contributed by atoms with E-state index < -0.39 is 34.2 Å². The molecule has 1 aromatic heterocycles. The molecule has 0 aliphatic heterocycles. The number of alkyl halides is 4. The summed E-state index contributed by atoms with van der Waals surface area (Å²) < 4.78 is 54.8. The smallest absolute Gasteiger partial charge is 0.318 e. The lowest BCUT2D eigenvalue weighted by molar-refractivity contribution is -0.141. The summed E-state index contributed by atoms with van der Waals surface area (Å²) in [5.41, 5.74) is -1.13. The standard InChI is InChI=1S/C21H13ClF4N4O/c22-20(6-7-20)13-4-5-15(23)16(9-13)28-19(31)17-10-18(21(24,25)26)29-30(17)14-3-1-2-12(8-14)11-27/h1-5,8-10H,6-7H2,(H,28,31). The van der Waals surface area contributed by atoms with E-state index in [0.29, 0.717) is 24.5 Å². The number of nitrogens with one attached hydrogen (secondary N) is 1. The van der Waals surface area contributed by atoms with Crippen LogP contribution in [0.5, 0.6) is 0 Å². The first-order valence-corrected chi connectivity index (χ1v) is 9.47. The lowest BCUT2D eigenvalue weighted by atomic mass is 10.1. The summed E-state index contributed by atoms with van der Waals surface area (Å²) in [6.07, 6.45) is -3.41. The predicted octanol–water partition coefficient (Wildman–Crippen LogP) is 5.38. The van der Waals surface area contributed by atoms with Gasteiger partial charge < -0.3 is 5.32 Å². The van der Waals surface area contributed by atoms with Crippen LogP contribution < -0.4 is 5.32 Å². The zero-order chi connectivity index (χ0) is 22.4. The second-order valence-electron chi connectivity index (χ2n) is 7.10. The van der Waals surface area contributed by atoms with E-state index in [9.17, 15) is 22.4 Å². The fraction of sp³-hybridized carbons (Fsp3) is 0.190. The summed E-state index contributed by atoms with van der Waals surface area (Å²) in [6, 6.07) is 12.0. The molecule has 0 unspecified atom stereocenters. The zero-order valence-electron chi connectivity index (χ0n) is 15.7. The fourth-order valence-corrected chi connectivity index (χ4v) is 3.28. The third-order valence-corrected chi connectivity index (χ3v) is 5.47. The summed E-state index contributed by atoms with van der Waals surface area (Å²) in [5, 5.41) is 14.8. The molecular weight excluding hydrogens is 436 g/mol. The van der Waals surface area contributed by atoms with Crippen molar-refractivity contribution in [1.29, 1.82) is 5.26 Å². The number of carbonyl (C=O) groups is 1. The average Bonchev–Trinajstić information content (AvgIpc) is 3.31. The Balaban J connectivity index is 1.74. The minimum absolute atomic E-state index is 0.0756. The number of anilines is 1. The number of nitriles is 1. The molecule has 1 saturated carbocycles. The SMILES string of the molecule is N#Cc1cccc(-n2nc(C(F)(F)F)cc2C(=O)Nc2cc(C3(Cl)CC3)ccc2F)c1. The summed E-state index contributed by atoms with van der Waals surface area (Å²) in [5.74, 6) is -1.76. The molecule has 0 saturated heterocycles. The molecule has 0 atom stereocenters. The quantitative estimate of drug-likeness (QED) is 0.430. The van der Waals surface area contributed by atoms with Gasteiger partial charge in [-0.1, -0.05) is 12.1 Å². The van der Waals surface area contributed by atoms with Crippen LogP contribution in [0, 0.1) is 17.1 Å². The number of aromatic nitrogens is 2. The first-order valence-electron chi connectivity index (χ1n) is 9.09. The second kappa shape index (κ2) is 7.39. The monoisotopic (exact) mass is 448 g/mol. The summed E-state index contributed by atoms with van der Waals surface area (Å²) >= 11 is 6.33. The molecule has 4 rings (SSSR count). The Hall–Kier alpha value is -3.38. The van der Waals surface area contributed by atoms with Crippen molar-refractivity contribution in [3.05, 3.63) is 76.9 Å². The number of hydrogen-bond acceptors (Lipinski definition) is 3. The molecule has 1 heterocycles. The Morgan fingerprint density at radius 3 is 2.58 bits per heavy atom. The van der Waals surface area contributed by atoms with Gasteiger partial charge in [0.05, 0.1) is 27.9 Å². The number of amides is 1. The number of carbonyl (C=O) groups excluding carboxylic acids is 1. The molecule has 1 fully saturated rings. The largest absolute Gasteiger partial charge is 0.435 e. The van der Waals surface area contributed by atoms with E-state index >= 15 is 0 Å². The Morgan fingerprint density at radius 1 is 1.19 bits per heavy atom. The zero-order valence-corrected chi connectivity index (χ0v) is 16.4. The molecule has 0 radical (unpaired) electrons. The van der Waals surface area contributed by atoms with Gasteiger partial charge in [-0.15, -0.1) is 11.6 Å². The van der Waals surface area contributed by atoms with Crippen molar-refractivity contribution >= 4 is 23.2 Å². The normalized spacial score (nSPS) is 14.7. The number of nitrogens with zero attached hydrogens (tertiary/aromatic N) is 3. The first-order chi connectivity index (χ1) is 14.6. The highest BCUT2D eigenvalue weighted by Crippen LogP contribution is 2.52. The Kier molecular flexibility index (Phi) is 4.98. The van der Waals surface area contributed by atoms with Crippen LogP contribution in [0.2, 0.25) is 0 Å². The number of rotatable bonds is 4. The predicted molar refractivity (Wildman–Crippen MR) is 104 cm³/mol. The van der Waals surface area contributed by atoms with Crippen LogP contribution in [-0.4, -0.2) is 15.7 Å². The molecule has 31 heavy (non-hydrogen) atoms. The van der Waals surface area contributed by atoms with Gasteiger partial charge in [0.25, 0.3) is 5.91 Å². The Morgan fingerprint density at radius 2 is 1.94 bits per heavy atom. The van der Waals surface area contributed by atoms with Crippen molar-refractivity contribution in [2.75, 3.05) is 5.32 Å². The van der Waals surface area contributed by atoms with Crippen LogP contribution in [0.4, 0.5) is 23.2 Å². The molecule has 1 N–H and O–H groups in total. The van der Waals surface area contributed by atoms with E-state index in [1.54, 1.807) is 0 Å². The average molecular weight is 449 g/mol. The van der Waals surface area contributed by atoms with E-state index in [-0.39, 0.29) is 16.9 Å². The van der Waals surface area contributed by atoms with Crippen molar-refractivity contribution < 1.29 is 22.4 Å². The number of benzene rings is 2. The number of hydrogen-bond donors (Lipinski definition) is 1. The lowest BCUT2D eigenvalue weighted by Crippen LogP contribution is -2.18. The molecule has 3 aromatic rings. The highest BCUT2D eigenvalue weighted by atomic mass is 35.5. The van der Waals surface area contributed by atoms with Gasteiger partial charge in [0.15, 0.2) is 5.69 Å². The molecule has 2 aromatic carbocycles. The highest BCUT2D eigenvalue weighted by Gasteiger charge is 2.42. The van der Waals surface area contributed by atoms with Crippen molar-refractivity contribution in [3.63, 3.8) is 0 Å². The number of halogens is 5.